The second kappa shape index (κ2) is 8.07. The first kappa shape index (κ1) is 18.0. The first-order valence-electron chi connectivity index (χ1n) is 8.49. The molecule has 0 radical (unpaired) electrons. The van der Waals surface area contributed by atoms with Crippen LogP contribution in [0.15, 0.2) is 21.3 Å². The molecular weight excluding hydrogens is 340 g/mol. The van der Waals surface area contributed by atoms with Gasteiger partial charge in [0.2, 0.25) is 17.6 Å². The van der Waals surface area contributed by atoms with Gasteiger partial charge in [0.05, 0.1) is 13.2 Å². The van der Waals surface area contributed by atoms with E-state index in [0.29, 0.717) is 31.1 Å². The Labute approximate surface area is 151 Å². The third kappa shape index (κ3) is 4.87. The number of ether oxygens (including phenoxy) is 1. The van der Waals surface area contributed by atoms with Crippen molar-refractivity contribution in [2.75, 3.05) is 32.8 Å². The third-order valence-electron chi connectivity index (χ3n) is 4.40. The molecule has 0 bridgehead atoms. The first-order valence-corrected chi connectivity index (χ1v) is 9.43. The number of thiophene rings is 1. The number of hydrogen-bond acceptors (Lipinski definition) is 7. The predicted octanol–water partition coefficient (Wildman–Crippen LogP) is 1.96. The summed E-state index contributed by atoms with van der Waals surface area (Å²) in [6.07, 6.45) is 0.783. The molecule has 0 saturated carbocycles. The molecule has 2 aromatic heterocycles. The third-order valence-corrected chi connectivity index (χ3v) is 5.08. The minimum Gasteiger partial charge on any atom is -0.379 e. The summed E-state index contributed by atoms with van der Waals surface area (Å²) in [6.45, 7) is 8.19. The molecule has 3 heterocycles. The molecule has 7 nitrogen and oxygen atoms in total. The highest BCUT2D eigenvalue weighted by Crippen LogP contribution is 2.19. The van der Waals surface area contributed by atoms with Crippen LogP contribution in [0.5, 0.6) is 0 Å². The maximum absolute atomic E-state index is 12.1. The molecular formula is C17H24N4O3S. The van der Waals surface area contributed by atoms with Crippen LogP contribution < -0.4 is 5.32 Å². The Balaban J connectivity index is 1.43. The van der Waals surface area contributed by atoms with Gasteiger partial charge in [0, 0.05) is 49.0 Å². The molecule has 1 saturated heterocycles. The number of carbonyl (C=O) groups is 1. The fourth-order valence-electron chi connectivity index (χ4n) is 2.77. The van der Waals surface area contributed by atoms with Gasteiger partial charge >= 0.3 is 0 Å². The van der Waals surface area contributed by atoms with Crippen LogP contribution in [0.3, 0.4) is 0 Å². The summed E-state index contributed by atoms with van der Waals surface area (Å²) in [5.74, 6) is 1.06. The molecule has 1 amide bonds. The first-order chi connectivity index (χ1) is 12.0. The fraction of sp³-hybridized carbons (Fsp3) is 0.588. The van der Waals surface area contributed by atoms with E-state index in [1.54, 1.807) is 11.3 Å². The maximum atomic E-state index is 12.1. The van der Waals surface area contributed by atoms with E-state index in [2.05, 4.69) is 34.2 Å². The quantitative estimate of drug-likeness (QED) is 0.809. The lowest BCUT2D eigenvalue weighted by molar-refractivity contribution is -0.122. The van der Waals surface area contributed by atoms with Crippen LogP contribution in [0.2, 0.25) is 0 Å². The molecule has 0 unspecified atom stereocenters. The lowest BCUT2D eigenvalue weighted by atomic mass is 10.0. The number of rotatable bonds is 7. The molecule has 1 aliphatic rings. The van der Waals surface area contributed by atoms with E-state index < -0.39 is 0 Å². The Hall–Kier alpha value is -1.77. The van der Waals surface area contributed by atoms with E-state index in [9.17, 15) is 4.79 Å². The maximum Gasteiger partial charge on any atom is 0.227 e. The minimum atomic E-state index is -0.0873. The molecule has 1 fully saturated rings. The number of amides is 1. The van der Waals surface area contributed by atoms with Crippen molar-refractivity contribution in [1.29, 1.82) is 0 Å². The molecule has 1 N–H and O–H groups in total. The Kier molecular flexibility index (Phi) is 5.82. The summed E-state index contributed by atoms with van der Waals surface area (Å²) in [5.41, 5.74) is 0.854. The van der Waals surface area contributed by atoms with Crippen LogP contribution >= 0.6 is 11.3 Å². The van der Waals surface area contributed by atoms with E-state index in [4.69, 9.17) is 9.26 Å². The van der Waals surface area contributed by atoms with E-state index in [-0.39, 0.29) is 11.4 Å². The van der Waals surface area contributed by atoms with Gasteiger partial charge in [-0.25, -0.2) is 0 Å². The zero-order valence-corrected chi connectivity index (χ0v) is 15.5. The number of nitrogens with one attached hydrogen (secondary N) is 1. The van der Waals surface area contributed by atoms with Crippen molar-refractivity contribution in [1.82, 2.24) is 20.4 Å². The van der Waals surface area contributed by atoms with Crippen LogP contribution in [0.25, 0.3) is 11.4 Å². The van der Waals surface area contributed by atoms with Gasteiger partial charge in [0.25, 0.3) is 0 Å². The SMILES string of the molecule is CC(C)(CNC(=O)CCc1nc(-c2ccsc2)no1)N1CCOCC1. The van der Waals surface area contributed by atoms with Gasteiger partial charge in [-0.15, -0.1) is 0 Å². The number of hydrogen-bond donors (Lipinski definition) is 1. The average molecular weight is 364 g/mol. The molecule has 0 aliphatic carbocycles. The van der Waals surface area contributed by atoms with Crippen LogP contribution in [0.1, 0.15) is 26.2 Å². The summed E-state index contributed by atoms with van der Waals surface area (Å²) in [5, 5.41) is 10.9. The molecule has 8 heteroatoms. The van der Waals surface area contributed by atoms with Crippen molar-refractivity contribution in [3.8, 4) is 11.4 Å². The van der Waals surface area contributed by atoms with Crippen molar-refractivity contribution in [3.05, 3.63) is 22.7 Å². The van der Waals surface area contributed by atoms with Gasteiger partial charge < -0.3 is 14.6 Å². The van der Waals surface area contributed by atoms with Gasteiger partial charge in [0.15, 0.2) is 0 Å². The lowest BCUT2D eigenvalue weighted by Crippen LogP contribution is -2.55. The second-order valence-electron chi connectivity index (χ2n) is 6.71. The predicted molar refractivity (Wildman–Crippen MR) is 95.4 cm³/mol. The van der Waals surface area contributed by atoms with Crippen molar-refractivity contribution in [2.45, 2.75) is 32.2 Å². The summed E-state index contributed by atoms with van der Waals surface area (Å²) < 4.78 is 10.6. The van der Waals surface area contributed by atoms with E-state index >= 15 is 0 Å². The number of aromatic nitrogens is 2. The molecule has 2 aromatic rings. The van der Waals surface area contributed by atoms with E-state index in [1.165, 1.54) is 0 Å². The lowest BCUT2D eigenvalue weighted by Gasteiger charge is -2.40. The summed E-state index contributed by atoms with van der Waals surface area (Å²) in [6, 6.07) is 1.94. The number of nitrogens with zero attached hydrogens (tertiary/aromatic N) is 3. The zero-order chi connectivity index (χ0) is 17.7. The Morgan fingerprint density at radius 3 is 2.92 bits per heavy atom. The van der Waals surface area contributed by atoms with Crippen molar-refractivity contribution < 1.29 is 14.1 Å². The van der Waals surface area contributed by atoms with Gasteiger partial charge in [-0.05, 0) is 25.3 Å². The number of morpholine rings is 1. The number of aryl methyl sites for hydroxylation is 1. The molecule has 0 spiro atoms. The largest absolute Gasteiger partial charge is 0.379 e. The van der Waals surface area contributed by atoms with Crippen LogP contribution in [-0.2, 0) is 16.0 Å². The summed E-state index contributed by atoms with van der Waals surface area (Å²) >= 11 is 1.58. The molecule has 25 heavy (non-hydrogen) atoms. The summed E-state index contributed by atoms with van der Waals surface area (Å²) in [7, 11) is 0. The van der Waals surface area contributed by atoms with Gasteiger partial charge in [-0.1, -0.05) is 5.16 Å². The molecule has 1 aliphatic heterocycles. The Morgan fingerprint density at radius 2 is 2.20 bits per heavy atom. The molecule has 0 aromatic carbocycles. The fourth-order valence-corrected chi connectivity index (χ4v) is 3.40. The van der Waals surface area contributed by atoms with Crippen LogP contribution in [0.4, 0.5) is 0 Å². The second-order valence-corrected chi connectivity index (χ2v) is 7.49. The standard InChI is InChI=1S/C17H24N4O3S/c1-17(2,21-6-8-23-9-7-21)12-18-14(22)3-4-15-19-16(20-24-15)13-5-10-25-11-13/h5,10-11H,3-4,6-9,12H2,1-2H3,(H,18,22). The topological polar surface area (TPSA) is 80.5 Å². The van der Waals surface area contributed by atoms with Crippen molar-refractivity contribution in [3.63, 3.8) is 0 Å². The highest BCUT2D eigenvalue weighted by Gasteiger charge is 2.28. The van der Waals surface area contributed by atoms with E-state index in [0.717, 1.165) is 31.9 Å². The molecule has 136 valence electrons. The van der Waals surface area contributed by atoms with Crippen molar-refractivity contribution >= 4 is 17.2 Å². The highest BCUT2D eigenvalue weighted by molar-refractivity contribution is 7.08. The van der Waals surface area contributed by atoms with Gasteiger partial charge in [-0.2, -0.15) is 16.3 Å². The molecule has 3 rings (SSSR count). The van der Waals surface area contributed by atoms with Gasteiger partial charge in [-0.3, -0.25) is 9.69 Å². The monoisotopic (exact) mass is 364 g/mol. The average Bonchev–Trinajstić information content (AvgIpc) is 3.30. The smallest absolute Gasteiger partial charge is 0.227 e. The zero-order valence-electron chi connectivity index (χ0n) is 14.7. The van der Waals surface area contributed by atoms with E-state index in [1.807, 2.05) is 16.8 Å². The van der Waals surface area contributed by atoms with Crippen LogP contribution in [0, 0.1) is 0 Å². The Morgan fingerprint density at radius 1 is 1.40 bits per heavy atom. The Bertz CT molecular complexity index is 678. The molecule has 0 atom stereocenters. The minimum absolute atomic E-state index is 0.00313. The number of carbonyl (C=O) groups excluding carboxylic acids is 1. The van der Waals surface area contributed by atoms with Crippen molar-refractivity contribution in [2.24, 2.45) is 0 Å². The highest BCUT2D eigenvalue weighted by atomic mass is 32.1. The summed E-state index contributed by atoms with van der Waals surface area (Å²) in [4.78, 5) is 18.8. The van der Waals surface area contributed by atoms with Crippen LogP contribution in [-0.4, -0.2) is 59.3 Å². The van der Waals surface area contributed by atoms with Gasteiger partial charge in [0.1, 0.15) is 0 Å². The normalized spacial score (nSPS) is 16.1.